The predicted molar refractivity (Wildman–Crippen MR) is 75.4 cm³/mol. The Kier molecular flexibility index (Phi) is 5.09. The minimum absolute atomic E-state index is 0.00846. The molecule has 4 nitrogen and oxygen atoms in total. The number of carbonyl (C=O) groups is 1. The zero-order valence-electron chi connectivity index (χ0n) is 11.1. The summed E-state index contributed by atoms with van der Waals surface area (Å²) in [7, 11) is 0. The molecule has 0 spiro atoms. The van der Waals surface area contributed by atoms with Gasteiger partial charge >= 0.3 is 12.6 Å². The highest BCUT2D eigenvalue weighted by Gasteiger charge is 2.06. The number of ether oxygens (including phenoxy) is 1. The van der Waals surface area contributed by atoms with Gasteiger partial charge in [-0.05, 0) is 17.7 Å². The summed E-state index contributed by atoms with van der Waals surface area (Å²) in [5.41, 5.74) is 1.33. The van der Waals surface area contributed by atoms with E-state index >= 15 is 0 Å². The molecule has 0 aliphatic carbocycles. The number of amides is 2. The van der Waals surface area contributed by atoms with E-state index in [9.17, 15) is 13.6 Å². The SMILES string of the molecule is O=C(NCc1ccccc1)Nc1cccc(OC(F)F)c1. The van der Waals surface area contributed by atoms with E-state index < -0.39 is 12.6 Å². The number of nitrogens with one attached hydrogen (secondary N) is 2. The third kappa shape index (κ3) is 5.10. The molecule has 0 fully saturated rings. The van der Waals surface area contributed by atoms with E-state index in [-0.39, 0.29) is 5.75 Å². The highest BCUT2D eigenvalue weighted by atomic mass is 19.3. The predicted octanol–water partition coefficient (Wildman–Crippen LogP) is 3.61. The van der Waals surface area contributed by atoms with Gasteiger partial charge in [-0.25, -0.2) is 4.79 Å². The normalized spacial score (nSPS) is 10.2. The Morgan fingerprint density at radius 2 is 1.86 bits per heavy atom. The topological polar surface area (TPSA) is 50.4 Å². The van der Waals surface area contributed by atoms with Crippen LogP contribution in [0.5, 0.6) is 5.75 Å². The molecule has 2 aromatic carbocycles. The fourth-order valence-corrected chi connectivity index (χ4v) is 1.70. The van der Waals surface area contributed by atoms with E-state index in [0.717, 1.165) is 5.56 Å². The third-order valence-corrected chi connectivity index (χ3v) is 2.61. The summed E-state index contributed by atoms with van der Waals surface area (Å²) in [6, 6.07) is 14.8. The van der Waals surface area contributed by atoms with Gasteiger partial charge in [0, 0.05) is 18.3 Å². The van der Waals surface area contributed by atoms with Crippen LogP contribution in [0.25, 0.3) is 0 Å². The lowest BCUT2D eigenvalue weighted by Crippen LogP contribution is -2.28. The molecule has 2 aromatic rings. The van der Waals surface area contributed by atoms with E-state index in [2.05, 4.69) is 15.4 Å². The monoisotopic (exact) mass is 292 g/mol. The molecule has 0 atom stereocenters. The summed E-state index contributed by atoms with van der Waals surface area (Å²) in [6.45, 7) is -2.52. The highest BCUT2D eigenvalue weighted by molar-refractivity contribution is 5.89. The number of anilines is 1. The lowest BCUT2D eigenvalue weighted by atomic mass is 10.2. The molecule has 0 radical (unpaired) electrons. The number of carbonyl (C=O) groups excluding carboxylic acids is 1. The van der Waals surface area contributed by atoms with E-state index in [4.69, 9.17) is 0 Å². The number of urea groups is 1. The first-order valence-corrected chi connectivity index (χ1v) is 6.27. The molecule has 0 aliphatic rings. The summed E-state index contributed by atoms with van der Waals surface area (Å²) in [5, 5.41) is 5.22. The summed E-state index contributed by atoms with van der Waals surface area (Å²) in [6.07, 6.45) is 0. The van der Waals surface area contributed by atoms with Crippen LogP contribution in [0.4, 0.5) is 19.3 Å². The van der Waals surface area contributed by atoms with Crippen LogP contribution in [0.3, 0.4) is 0 Å². The minimum Gasteiger partial charge on any atom is -0.435 e. The Balaban J connectivity index is 1.87. The van der Waals surface area contributed by atoms with Crippen LogP contribution in [0.15, 0.2) is 54.6 Å². The maximum Gasteiger partial charge on any atom is 0.387 e. The number of hydrogen-bond acceptors (Lipinski definition) is 2. The average Bonchev–Trinajstić information content (AvgIpc) is 2.46. The summed E-state index contributed by atoms with van der Waals surface area (Å²) < 4.78 is 28.5. The van der Waals surface area contributed by atoms with Crippen molar-refractivity contribution < 1.29 is 18.3 Å². The smallest absolute Gasteiger partial charge is 0.387 e. The van der Waals surface area contributed by atoms with E-state index in [1.807, 2.05) is 30.3 Å². The Labute approximate surface area is 120 Å². The molecule has 0 saturated heterocycles. The number of halogens is 2. The van der Waals surface area contributed by atoms with Gasteiger partial charge in [0.1, 0.15) is 5.75 Å². The van der Waals surface area contributed by atoms with Gasteiger partial charge in [0.25, 0.3) is 0 Å². The second-order valence-corrected chi connectivity index (χ2v) is 4.20. The molecule has 2 rings (SSSR count). The minimum atomic E-state index is -2.90. The molecule has 110 valence electrons. The van der Waals surface area contributed by atoms with Crippen LogP contribution in [0.1, 0.15) is 5.56 Å². The van der Waals surface area contributed by atoms with Crippen molar-refractivity contribution >= 4 is 11.7 Å². The molecule has 0 saturated carbocycles. The van der Waals surface area contributed by atoms with Crippen LogP contribution < -0.4 is 15.4 Å². The first kappa shape index (κ1) is 14.8. The number of alkyl halides is 2. The van der Waals surface area contributed by atoms with Gasteiger partial charge in [-0.15, -0.1) is 0 Å². The van der Waals surface area contributed by atoms with E-state index in [1.54, 1.807) is 6.07 Å². The molecule has 0 unspecified atom stereocenters. The fraction of sp³-hybridized carbons (Fsp3) is 0.133. The van der Waals surface area contributed by atoms with Gasteiger partial charge in [-0.2, -0.15) is 8.78 Å². The molecule has 0 aliphatic heterocycles. The van der Waals surface area contributed by atoms with Crippen molar-refractivity contribution in [2.45, 2.75) is 13.2 Å². The second kappa shape index (κ2) is 7.23. The average molecular weight is 292 g/mol. The van der Waals surface area contributed by atoms with Gasteiger partial charge in [0.2, 0.25) is 0 Å². The maximum atomic E-state index is 12.1. The van der Waals surface area contributed by atoms with Gasteiger partial charge in [-0.3, -0.25) is 0 Å². The second-order valence-electron chi connectivity index (χ2n) is 4.20. The Morgan fingerprint density at radius 1 is 1.10 bits per heavy atom. The fourth-order valence-electron chi connectivity index (χ4n) is 1.70. The standard InChI is InChI=1S/C15H14F2N2O2/c16-14(17)21-13-8-4-7-12(9-13)19-15(20)18-10-11-5-2-1-3-6-11/h1-9,14H,10H2,(H2,18,19,20). The van der Waals surface area contributed by atoms with Crippen molar-refractivity contribution in [2.75, 3.05) is 5.32 Å². The van der Waals surface area contributed by atoms with Crippen LogP contribution in [0.2, 0.25) is 0 Å². The molecule has 2 N–H and O–H groups in total. The maximum absolute atomic E-state index is 12.1. The molecule has 6 heteroatoms. The van der Waals surface area contributed by atoms with Crippen LogP contribution in [-0.4, -0.2) is 12.6 Å². The summed E-state index contributed by atoms with van der Waals surface area (Å²) in [4.78, 5) is 11.7. The molecule has 0 heterocycles. The molecule has 2 amide bonds. The van der Waals surface area contributed by atoms with Crippen molar-refractivity contribution in [2.24, 2.45) is 0 Å². The van der Waals surface area contributed by atoms with Crippen LogP contribution in [-0.2, 0) is 6.54 Å². The van der Waals surface area contributed by atoms with Crippen LogP contribution >= 0.6 is 0 Å². The van der Waals surface area contributed by atoms with Gasteiger partial charge < -0.3 is 15.4 Å². The van der Waals surface area contributed by atoms with Crippen molar-refractivity contribution in [3.8, 4) is 5.75 Å². The first-order valence-electron chi connectivity index (χ1n) is 6.27. The zero-order chi connectivity index (χ0) is 15.1. The number of hydrogen-bond donors (Lipinski definition) is 2. The molecular weight excluding hydrogens is 278 g/mol. The van der Waals surface area contributed by atoms with E-state index in [1.165, 1.54) is 18.2 Å². The van der Waals surface area contributed by atoms with Gasteiger partial charge in [0.05, 0.1) is 0 Å². The van der Waals surface area contributed by atoms with Crippen molar-refractivity contribution in [1.29, 1.82) is 0 Å². The quantitative estimate of drug-likeness (QED) is 0.884. The Hall–Kier alpha value is -2.63. The first-order chi connectivity index (χ1) is 10.1. The largest absolute Gasteiger partial charge is 0.435 e. The third-order valence-electron chi connectivity index (χ3n) is 2.61. The molecule has 0 bridgehead atoms. The van der Waals surface area contributed by atoms with Gasteiger partial charge in [-0.1, -0.05) is 36.4 Å². The Morgan fingerprint density at radius 3 is 2.57 bits per heavy atom. The van der Waals surface area contributed by atoms with Crippen LogP contribution in [0, 0.1) is 0 Å². The lowest BCUT2D eigenvalue weighted by molar-refractivity contribution is -0.0497. The number of rotatable bonds is 5. The van der Waals surface area contributed by atoms with E-state index in [0.29, 0.717) is 12.2 Å². The molecular formula is C15H14F2N2O2. The summed E-state index contributed by atoms with van der Waals surface area (Å²) in [5.74, 6) is -0.00846. The summed E-state index contributed by atoms with van der Waals surface area (Å²) >= 11 is 0. The van der Waals surface area contributed by atoms with Gasteiger partial charge in [0.15, 0.2) is 0 Å². The van der Waals surface area contributed by atoms with Crippen molar-refractivity contribution in [1.82, 2.24) is 5.32 Å². The number of benzene rings is 2. The zero-order valence-corrected chi connectivity index (χ0v) is 11.1. The van der Waals surface area contributed by atoms with Crippen molar-refractivity contribution in [3.63, 3.8) is 0 Å². The van der Waals surface area contributed by atoms with Crippen molar-refractivity contribution in [3.05, 3.63) is 60.2 Å². The molecule has 0 aromatic heterocycles. The molecule has 21 heavy (non-hydrogen) atoms. The Bertz CT molecular complexity index is 591. The lowest BCUT2D eigenvalue weighted by Gasteiger charge is -2.09. The highest BCUT2D eigenvalue weighted by Crippen LogP contribution is 2.19.